The molecule has 0 heterocycles. The fourth-order valence-electron chi connectivity index (χ4n) is 1.52. The first kappa shape index (κ1) is 14.5. The highest BCUT2D eigenvalue weighted by Crippen LogP contribution is 2.23. The molecule has 1 rings (SSSR count). The summed E-state index contributed by atoms with van der Waals surface area (Å²) >= 11 is 0. The van der Waals surface area contributed by atoms with Crippen LogP contribution in [0.3, 0.4) is 0 Å². The Morgan fingerprint density at radius 1 is 1.39 bits per heavy atom. The smallest absolute Gasteiger partial charge is 0.309 e. The van der Waals surface area contributed by atoms with Crippen LogP contribution in [-0.2, 0) is 4.79 Å². The normalized spacial score (nSPS) is 11.3. The summed E-state index contributed by atoms with van der Waals surface area (Å²) in [6, 6.07) is 5.99. The zero-order valence-electron chi connectivity index (χ0n) is 10.8. The largest absolute Gasteiger partial charge is 0.493 e. The van der Waals surface area contributed by atoms with Crippen LogP contribution in [0.4, 0.5) is 4.39 Å². The minimum atomic E-state index is -0.784. The molecule has 100 valence electrons. The third-order valence-corrected chi connectivity index (χ3v) is 2.84. The van der Waals surface area contributed by atoms with Crippen LogP contribution in [0.5, 0.6) is 5.75 Å². The second-order valence-corrected chi connectivity index (χ2v) is 4.95. The van der Waals surface area contributed by atoms with E-state index in [0.717, 1.165) is 12.8 Å². The van der Waals surface area contributed by atoms with Crippen molar-refractivity contribution in [2.75, 3.05) is 6.61 Å². The number of benzene rings is 1. The molecule has 0 fully saturated rings. The van der Waals surface area contributed by atoms with E-state index in [1.807, 2.05) is 0 Å². The Labute approximate surface area is 107 Å². The maximum Gasteiger partial charge on any atom is 0.309 e. The van der Waals surface area contributed by atoms with Gasteiger partial charge in [0, 0.05) is 6.07 Å². The first-order valence-electron chi connectivity index (χ1n) is 6.03. The molecule has 0 saturated heterocycles. The zero-order chi connectivity index (χ0) is 13.6. The molecule has 18 heavy (non-hydrogen) atoms. The van der Waals surface area contributed by atoms with Gasteiger partial charge in [-0.2, -0.15) is 0 Å². The van der Waals surface area contributed by atoms with Gasteiger partial charge >= 0.3 is 5.97 Å². The van der Waals surface area contributed by atoms with E-state index in [4.69, 9.17) is 9.84 Å². The lowest BCUT2D eigenvalue weighted by Gasteiger charge is -2.18. The summed E-state index contributed by atoms with van der Waals surface area (Å²) in [6.07, 6.45) is 2.14. The monoisotopic (exact) mass is 254 g/mol. The quantitative estimate of drug-likeness (QED) is 0.758. The van der Waals surface area contributed by atoms with E-state index in [2.05, 4.69) is 0 Å². The number of ether oxygens (including phenoxy) is 1. The van der Waals surface area contributed by atoms with Gasteiger partial charge in [0.15, 0.2) is 0 Å². The van der Waals surface area contributed by atoms with Crippen LogP contribution in [-0.4, -0.2) is 17.7 Å². The van der Waals surface area contributed by atoms with E-state index in [-0.39, 0.29) is 5.82 Å². The number of hydrogen-bond acceptors (Lipinski definition) is 2. The van der Waals surface area contributed by atoms with Gasteiger partial charge in [-0.3, -0.25) is 4.79 Å². The number of carboxylic acid groups (broad SMARTS) is 1. The fraction of sp³-hybridized carbons (Fsp3) is 0.500. The topological polar surface area (TPSA) is 46.5 Å². The summed E-state index contributed by atoms with van der Waals surface area (Å²) in [6.45, 7) is 3.89. The average molecular weight is 254 g/mol. The average Bonchev–Trinajstić information content (AvgIpc) is 2.28. The molecule has 1 aromatic rings. The summed E-state index contributed by atoms with van der Waals surface area (Å²) < 4.78 is 18.2. The second-order valence-electron chi connectivity index (χ2n) is 4.95. The van der Waals surface area contributed by atoms with Crippen LogP contribution in [0.15, 0.2) is 24.3 Å². The molecule has 0 saturated carbocycles. The van der Waals surface area contributed by atoms with E-state index in [1.165, 1.54) is 12.1 Å². The van der Waals surface area contributed by atoms with Gasteiger partial charge in [0.1, 0.15) is 11.6 Å². The van der Waals surface area contributed by atoms with Gasteiger partial charge < -0.3 is 9.84 Å². The molecule has 0 bridgehead atoms. The molecule has 4 heteroatoms. The van der Waals surface area contributed by atoms with Gasteiger partial charge in [-0.05, 0) is 45.2 Å². The lowest BCUT2D eigenvalue weighted by atomic mass is 9.87. The molecule has 0 aliphatic rings. The minimum absolute atomic E-state index is 0.320. The number of unbranched alkanes of at least 4 members (excludes halogenated alkanes) is 1. The zero-order valence-corrected chi connectivity index (χ0v) is 10.8. The number of halogens is 1. The number of rotatable bonds is 7. The summed E-state index contributed by atoms with van der Waals surface area (Å²) in [4.78, 5) is 10.9. The van der Waals surface area contributed by atoms with Crippen LogP contribution in [0.1, 0.15) is 33.1 Å². The van der Waals surface area contributed by atoms with E-state index in [0.29, 0.717) is 18.8 Å². The molecule has 0 aliphatic carbocycles. The van der Waals surface area contributed by atoms with E-state index < -0.39 is 11.4 Å². The van der Waals surface area contributed by atoms with E-state index in [9.17, 15) is 9.18 Å². The lowest BCUT2D eigenvalue weighted by Crippen LogP contribution is -2.23. The third-order valence-electron chi connectivity index (χ3n) is 2.84. The van der Waals surface area contributed by atoms with Crippen molar-refractivity contribution in [1.82, 2.24) is 0 Å². The van der Waals surface area contributed by atoms with Crippen molar-refractivity contribution in [2.24, 2.45) is 5.41 Å². The molecule has 0 radical (unpaired) electrons. The first-order valence-corrected chi connectivity index (χ1v) is 6.03. The molecule has 0 amide bonds. The summed E-state index contributed by atoms with van der Waals surface area (Å²) in [5.41, 5.74) is -0.696. The number of hydrogen-bond donors (Lipinski definition) is 1. The van der Waals surface area contributed by atoms with Crippen LogP contribution in [0.25, 0.3) is 0 Å². The maximum absolute atomic E-state index is 12.8. The SMILES string of the molecule is CC(C)(CCCCOc1cccc(F)c1)C(=O)O. The minimum Gasteiger partial charge on any atom is -0.493 e. The summed E-state index contributed by atoms with van der Waals surface area (Å²) in [5, 5.41) is 8.93. The van der Waals surface area contributed by atoms with Gasteiger partial charge in [-0.15, -0.1) is 0 Å². The Kier molecular flexibility index (Phi) is 5.13. The van der Waals surface area contributed by atoms with Crippen molar-refractivity contribution in [3.8, 4) is 5.75 Å². The lowest BCUT2D eigenvalue weighted by molar-refractivity contribution is -0.147. The van der Waals surface area contributed by atoms with Crippen molar-refractivity contribution in [1.29, 1.82) is 0 Å². The van der Waals surface area contributed by atoms with Gasteiger partial charge in [-0.25, -0.2) is 4.39 Å². The predicted molar refractivity (Wildman–Crippen MR) is 67.2 cm³/mol. The van der Waals surface area contributed by atoms with Gasteiger partial charge in [-0.1, -0.05) is 6.07 Å². The van der Waals surface area contributed by atoms with Crippen LogP contribution < -0.4 is 4.74 Å². The van der Waals surface area contributed by atoms with Crippen LogP contribution >= 0.6 is 0 Å². The van der Waals surface area contributed by atoms with E-state index in [1.54, 1.807) is 26.0 Å². The highest BCUT2D eigenvalue weighted by Gasteiger charge is 2.25. The Bertz CT molecular complexity index is 402. The van der Waals surface area contributed by atoms with Gasteiger partial charge in [0.2, 0.25) is 0 Å². The molecule has 0 aromatic heterocycles. The Balaban J connectivity index is 2.22. The van der Waals surface area contributed by atoms with Crippen molar-refractivity contribution >= 4 is 5.97 Å². The molecule has 1 aromatic carbocycles. The summed E-state index contributed by atoms with van der Waals surface area (Å²) in [7, 11) is 0. The molecule has 0 aliphatic heterocycles. The standard InChI is InChI=1S/C14H19FO3/c1-14(2,13(16)17)8-3-4-9-18-12-7-5-6-11(15)10-12/h5-7,10H,3-4,8-9H2,1-2H3,(H,16,17). The van der Waals surface area contributed by atoms with Gasteiger partial charge in [0.25, 0.3) is 0 Å². The predicted octanol–water partition coefficient (Wildman–Crippen LogP) is 3.49. The van der Waals surface area contributed by atoms with Crippen molar-refractivity contribution < 1.29 is 19.0 Å². The second kappa shape index (κ2) is 6.38. The first-order chi connectivity index (χ1) is 8.42. The van der Waals surface area contributed by atoms with Crippen LogP contribution in [0.2, 0.25) is 0 Å². The third kappa shape index (κ3) is 4.73. The molecular weight excluding hydrogens is 235 g/mol. The van der Waals surface area contributed by atoms with Gasteiger partial charge in [0.05, 0.1) is 12.0 Å². The number of carbonyl (C=O) groups is 1. The molecular formula is C14H19FO3. The van der Waals surface area contributed by atoms with Crippen molar-refractivity contribution in [3.05, 3.63) is 30.1 Å². The molecule has 0 unspecified atom stereocenters. The highest BCUT2D eigenvalue weighted by atomic mass is 19.1. The Morgan fingerprint density at radius 3 is 2.72 bits per heavy atom. The molecule has 0 spiro atoms. The Hall–Kier alpha value is -1.58. The summed E-state index contributed by atoms with van der Waals surface area (Å²) in [5.74, 6) is -0.597. The Morgan fingerprint density at radius 2 is 2.11 bits per heavy atom. The van der Waals surface area contributed by atoms with E-state index >= 15 is 0 Å². The van der Waals surface area contributed by atoms with Crippen LogP contribution in [0, 0.1) is 11.2 Å². The fourth-order valence-corrected chi connectivity index (χ4v) is 1.52. The number of carboxylic acids is 1. The van der Waals surface area contributed by atoms with Crippen molar-refractivity contribution in [3.63, 3.8) is 0 Å². The maximum atomic E-state index is 12.8. The highest BCUT2D eigenvalue weighted by molar-refractivity contribution is 5.73. The number of aliphatic carboxylic acids is 1. The molecule has 3 nitrogen and oxygen atoms in total. The molecule has 0 atom stereocenters. The van der Waals surface area contributed by atoms with Crippen molar-refractivity contribution in [2.45, 2.75) is 33.1 Å². The molecule has 1 N–H and O–H groups in total.